The fourth-order valence-corrected chi connectivity index (χ4v) is 4.37. The molecule has 2 heterocycles. The maximum atomic E-state index is 13.2. The Kier molecular flexibility index (Phi) is 5.69. The summed E-state index contributed by atoms with van der Waals surface area (Å²) in [6.07, 6.45) is 1.66. The third-order valence-electron chi connectivity index (χ3n) is 6.25. The van der Waals surface area contributed by atoms with E-state index in [0.717, 1.165) is 41.3 Å². The van der Waals surface area contributed by atoms with Gasteiger partial charge >= 0.3 is 0 Å². The number of benzene rings is 3. The van der Waals surface area contributed by atoms with E-state index in [0.29, 0.717) is 25.3 Å². The highest BCUT2D eigenvalue weighted by atomic mass is 16.7. The van der Waals surface area contributed by atoms with Gasteiger partial charge in [-0.15, -0.1) is 0 Å². The normalized spacial score (nSPS) is 16.4. The zero-order valence-electron chi connectivity index (χ0n) is 17.8. The lowest BCUT2D eigenvalue weighted by atomic mass is 9.74. The molecule has 0 aliphatic carbocycles. The molecular formula is C26H26N2O4. The van der Waals surface area contributed by atoms with Crippen LogP contribution in [0.5, 0.6) is 11.5 Å². The van der Waals surface area contributed by atoms with E-state index in [2.05, 4.69) is 16.7 Å². The lowest BCUT2D eigenvalue weighted by Gasteiger charge is -2.38. The molecule has 0 unspecified atom stereocenters. The number of carbonyl (C=O) groups excluding carboxylic acids is 1. The van der Waals surface area contributed by atoms with Crippen LogP contribution in [-0.2, 0) is 10.2 Å². The molecule has 6 heteroatoms. The average Bonchev–Trinajstić information content (AvgIpc) is 3.32. The minimum absolute atomic E-state index is 0.101. The minimum Gasteiger partial charge on any atom is -0.454 e. The Morgan fingerprint density at radius 1 is 0.875 bits per heavy atom. The van der Waals surface area contributed by atoms with Crippen LogP contribution in [0.2, 0.25) is 0 Å². The molecule has 6 nitrogen and oxygen atoms in total. The van der Waals surface area contributed by atoms with Gasteiger partial charge in [-0.05, 0) is 54.8 Å². The van der Waals surface area contributed by atoms with Crippen molar-refractivity contribution in [3.05, 3.63) is 83.9 Å². The van der Waals surface area contributed by atoms with Crippen LogP contribution in [0.3, 0.4) is 0 Å². The number of carbonyl (C=O) groups is 1. The first-order valence-electron chi connectivity index (χ1n) is 10.9. The molecule has 32 heavy (non-hydrogen) atoms. The van der Waals surface area contributed by atoms with Crippen molar-refractivity contribution in [3.8, 4) is 11.5 Å². The van der Waals surface area contributed by atoms with Gasteiger partial charge in [0.1, 0.15) is 0 Å². The van der Waals surface area contributed by atoms with Crippen molar-refractivity contribution < 1.29 is 19.0 Å². The number of hydrogen-bond acceptors (Lipinski definition) is 5. The first-order chi connectivity index (χ1) is 15.7. The lowest BCUT2D eigenvalue weighted by molar-refractivity contribution is 0.0486. The van der Waals surface area contributed by atoms with Crippen molar-refractivity contribution in [2.75, 3.05) is 31.9 Å². The van der Waals surface area contributed by atoms with Crippen LogP contribution in [0.15, 0.2) is 72.8 Å². The largest absolute Gasteiger partial charge is 0.454 e. The molecule has 3 aromatic rings. The second kappa shape index (κ2) is 8.93. The van der Waals surface area contributed by atoms with Gasteiger partial charge in [0.2, 0.25) is 6.79 Å². The number of nitrogens with one attached hydrogen (secondary N) is 2. The fourth-order valence-electron chi connectivity index (χ4n) is 4.37. The highest BCUT2D eigenvalue weighted by Gasteiger charge is 2.36. The number of ether oxygens (including phenoxy) is 3. The van der Waals surface area contributed by atoms with Gasteiger partial charge in [0.15, 0.2) is 11.5 Å². The molecular weight excluding hydrogens is 404 g/mol. The summed E-state index contributed by atoms with van der Waals surface area (Å²) in [5.74, 6) is 1.42. The van der Waals surface area contributed by atoms with Crippen molar-refractivity contribution in [1.82, 2.24) is 5.32 Å². The maximum Gasteiger partial charge on any atom is 0.253 e. The Balaban J connectivity index is 1.36. The summed E-state index contributed by atoms with van der Waals surface area (Å²) in [6, 6.07) is 23.5. The van der Waals surface area contributed by atoms with Crippen LogP contribution < -0.4 is 20.1 Å². The molecule has 164 valence electrons. The zero-order chi connectivity index (χ0) is 21.8. The monoisotopic (exact) mass is 430 g/mol. The number of hydrogen-bond donors (Lipinski definition) is 2. The van der Waals surface area contributed by atoms with Gasteiger partial charge in [-0.25, -0.2) is 0 Å². The molecule has 3 aromatic carbocycles. The van der Waals surface area contributed by atoms with Crippen LogP contribution in [0, 0.1) is 0 Å². The van der Waals surface area contributed by atoms with Gasteiger partial charge in [-0.2, -0.15) is 0 Å². The Morgan fingerprint density at radius 3 is 2.47 bits per heavy atom. The molecule has 0 bridgehead atoms. The molecule has 2 aliphatic rings. The molecule has 0 spiro atoms. The Morgan fingerprint density at radius 2 is 1.62 bits per heavy atom. The van der Waals surface area contributed by atoms with E-state index in [1.807, 2.05) is 66.7 Å². The van der Waals surface area contributed by atoms with Crippen LogP contribution in [-0.4, -0.2) is 32.5 Å². The van der Waals surface area contributed by atoms with Crippen LogP contribution in [0.4, 0.5) is 11.4 Å². The van der Waals surface area contributed by atoms with Crippen molar-refractivity contribution in [2.45, 2.75) is 18.3 Å². The zero-order valence-corrected chi connectivity index (χ0v) is 17.8. The SMILES string of the molecule is O=C(NCC1(c2ccc3c(c2)OCO3)CCOCC1)c1ccccc1Nc1ccccc1. The lowest BCUT2D eigenvalue weighted by Crippen LogP contribution is -2.44. The van der Waals surface area contributed by atoms with Gasteiger partial charge in [0.05, 0.1) is 11.3 Å². The summed E-state index contributed by atoms with van der Waals surface area (Å²) in [5, 5.41) is 6.54. The molecule has 1 fully saturated rings. The van der Waals surface area contributed by atoms with Crippen molar-refractivity contribution >= 4 is 17.3 Å². The third kappa shape index (κ3) is 4.14. The van der Waals surface area contributed by atoms with E-state index in [9.17, 15) is 4.79 Å². The highest BCUT2D eigenvalue weighted by molar-refractivity contribution is 6.00. The molecule has 0 aromatic heterocycles. The molecule has 1 saturated heterocycles. The highest BCUT2D eigenvalue weighted by Crippen LogP contribution is 2.40. The van der Waals surface area contributed by atoms with E-state index >= 15 is 0 Å². The Bertz CT molecular complexity index is 1090. The van der Waals surface area contributed by atoms with E-state index < -0.39 is 0 Å². The van der Waals surface area contributed by atoms with Gasteiger partial charge < -0.3 is 24.8 Å². The number of para-hydroxylation sites is 2. The molecule has 2 N–H and O–H groups in total. The molecule has 5 rings (SSSR count). The van der Waals surface area contributed by atoms with E-state index in [-0.39, 0.29) is 18.1 Å². The maximum absolute atomic E-state index is 13.2. The summed E-state index contributed by atoms with van der Waals surface area (Å²) >= 11 is 0. The summed E-state index contributed by atoms with van der Waals surface area (Å²) in [7, 11) is 0. The predicted molar refractivity (Wildman–Crippen MR) is 123 cm³/mol. The number of fused-ring (bicyclic) bond motifs is 1. The number of anilines is 2. The van der Waals surface area contributed by atoms with Gasteiger partial charge in [0.25, 0.3) is 5.91 Å². The van der Waals surface area contributed by atoms with Gasteiger partial charge in [-0.1, -0.05) is 36.4 Å². The first kappa shape index (κ1) is 20.4. The average molecular weight is 431 g/mol. The quantitative estimate of drug-likeness (QED) is 0.596. The second-order valence-electron chi connectivity index (χ2n) is 8.18. The second-order valence-corrected chi connectivity index (χ2v) is 8.18. The smallest absolute Gasteiger partial charge is 0.253 e. The summed E-state index contributed by atoms with van der Waals surface area (Å²) in [5.41, 5.74) is 3.26. The topological polar surface area (TPSA) is 68.8 Å². The van der Waals surface area contributed by atoms with Crippen LogP contribution in [0.1, 0.15) is 28.8 Å². The molecule has 1 amide bonds. The molecule has 0 radical (unpaired) electrons. The minimum atomic E-state index is -0.212. The third-order valence-corrected chi connectivity index (χ3v) is 6.25. The van der Waals surface area contributed by atoms with Crippen molar-refractivity contribution in [3.63, 3.8) is 0 Å². The summed E-state index contributed by atoms with van der Waals surface area (Å²) < 4.78 is 16.7. The van der Waals surface area contributed by atoms with Crippen LogP contribution >= 0.6 is 0 Å². The van der Waals surface area contributed by atoms with Crippen molar-refractivity contribution in [2.24, 2.45) is 0 Å². The molecule has 0 atom stereocenters. The van der Waals surface area contributed by atoms with Gasteiger partial charge in [-0.3, -0.25) is 4.79 Å². The Labute approximate surface area is 187 Å². The van der Waals surface area contributed by atoms with Gasteiger partial charge in [0, 0.05) is 30.9 Å². The first-order valence-corrected chi connectivity index (χ1v) is 10.9. The molecule has 2 aliphatic heterocycles. The number of rotatable bonds is 6. The van der Waals surface area contributed by atoms with E-state index in [1.165, 1.54) is 0 Å². The predicted octanol–water partition coefficient (Wildman–Crippen LogP) is 4.64. The van der Waals surface area contributed by atoms with E-state index in [1.54, 1.807) is 0 Å². The number of amides is 1. The van der Waals surface area contributed by atoms with E-state index in [4.69, 9.17) is 14.2 Å². The standard InChI is InChI=1S/C26H26N2O4/c29-25(21-8-4-5-9-22(21)28-20-6-2-1-3-7-20)27-17-26(12-14-30-15-13-26)19-10-11-23-24(16-19)32-18-31-23/h1-11,16,28H,12-15,17-18H2,(H,27,29). The fraction of sp³-hybridized carbons (Fsp3) is 0.269. The summed E-state index contributed by atoms with van der Waals surface area (Å²) in [6.45, 7) is 2.10. The van der Waals surface area contributed by atoms with Crippen LogP contribution in [0.25, 0.3) is 0 Å². The molecule has 0 saturated carbocycles. The Hall–Kier alpha value is -3.51. The van der Waals surface area contributed by atoms with Crippen molar-refractivity contribution in [1.29, 1.82) is 0 Å². The summed E-state index contributed by atoms with van der Waals surface area (Å²) in [4.78, 5) is 13.2.